The molecule has 1 aromatic carbocycles. The predicted molar refractivity (Wildman–Crippen MR) is 158 cm³/mol. The highest BCUT2D eigenvalue weighted by Crippen LogP contribution is 2.19. The van der Waals surface area contributed by atoms with Crippen LogP contribution < -0.4 is 32.9 Å². The van der Waals surface area contributed by atoms with E-state index in [1.807, 2.05) is 29.7 Å². The van der Waals surface area contributed by atoms with E-state index in [-0.39, 0.29) is 25.3 Å². The number of carbonyl (C=O) groups is 4. The van der Waals surface area contributed by atoms with Gasteiger partial charge in [-0.2, -0.15) is 18.1 Å². The van der Waals surface area contributed by atoms with E-state index < -0.39 is 48.1 Å². The molecule has 0 bridgehead atoms. The van der Waals surface area contributed by atoms with Crippen LogP contribution in [0.25, 0.3) is 10.9 Å². The molecule has 2 rings (SSSR count). The van der Waals surface area contributed by atoms with Crippen molar-refractivity contribution in [1.82, 2.24) is 26.4 Å². The van der Waals surface area contributed by atoms with Crippen LogP contribution >= 0.6 is 12.6 Å². The third kappa shape index (κ3) is 12.4. The number of nitrogens with two attached hydrogens (primary N) is 2. The molecule has 0 aliphatic heterocycles. The Kier molecular flexibility index (Phi) is 13.2. The van der Waals surface area contributed by atoms with Gasteiger partial charge >= 0.3 is 6.09 Å². The molecule has 0 fully saturated rings. The summed E-state index contributed by atoms with van der Waals surface area (Å²) in [6.07, 6.45) is 1.66. The van der Waals surface area contributed by atoms with Crippen molar-refractivity contribution in [3.8, 4) is 0 Å². The number of rotatable bonds is 15. The van der Waals surface area contributed by atoms with E-state index in [1.165, 1.54) is 0 Å². The van der Waals surface area contributed by atoms with Gasteiger partial charge in [0.15, 0.2) is 12.6 Å². The van der Waals surface area contributed by atoms with E-state index in [0.717, 1.165) is 16.5 Å². The molecular weight excluding hydrogens is 552 g/mol. The van der Waals surface area contributed by atoms with E-state index >= 15 is 0 Å². The fourth-order valence-electron chi connectivity index (χ4n) is 3.77. The standard InChI is InChI=1S/C26H40N8O6S/c1-26(2,3)40-25(38)34-39-15-21(35)32-20(13-16-14-31-18-8-5-4-7-17(16)18)23(37)33-19(22(36)29-11-12-41)9-6-10-30-24(27)28/h4-5,7-8,14,19-20,31,41H,6,9-13,15H2,1-3H3,(H,29,36)(H,32,35)(H,33,37)(H,34,38)(H4,27,28,30). The molecule has 0 saturated carbocycles. The Bertz CT molecular complexity index is 1210. The molecule has 9 N–H and O–H groups in total. The number of H-pyrrole nitrogens is 1. The van der Waals surface area contributed by atoms with Crippen LogP contribution in [0.1, 0.15) is 39.2 Å². The van der Waals surface area contributed by atoms with Crippen molar-refractivity contribution in [3.63, 3.8) is 0 Å². The number of amides is 4. The average molecular weight is 593 g/mol. The molecule has 226 valence electrons. The molecule has 4 amide bonds. The molecule has 1 aromatic heterocycles. The molecule has 2 unspecified atom stereocenters. The first-order chi connectivity index (χ1) is 19.4. The number of hydroxylamine groups is 1. The number of guanidine groups is 1. The smallest absolute Gasteiger partial charge is 0.431 e. The van der Waals surface area contributed by atoms with Gasteiger partial charge in [-0.1, -0.05) is 18.2 Å². The molecule has 15 heteroatoms. The zero-order valence-electron chi connectivity index (χ0n) is 23.5. The van der Waals surface area contributed by atoms with Crippen LogP contribution in [0.4, 0.5) is 4.79 Å². The molecule has 14 nitrogen and oxygen atoms in total. The van der Waals surface area contributed by atoms with Gasteiger partial charge in [0.25, 0.3) is 0 Å². The maximum Gasteiger partial charge on any atom is 0.431 e. The lowest BCUT2D eigenvalue weighted by Gasteiger charge is -2.23. The zero-order valence-corrected chi connectivity index (χ0v) is 24.4. The number of nitrogens with zero attached hydrogens (tertiary/aromatic N) is 1. The van der Waals surface area contributed by atoms with Gasteiger partial charge in [0, 0.05) is 42.4 Å². The highest BCUT2D eigenvalue weighted by Gasteiger charge is 2.28. The van der Waals surface area contributed by atoms with Gasteiger partial charge in [0.2, 0.25) is 17.7 Å². The maximum absolute atomic E-state index is 13.5. The van der Waals surface area contributed by atoms with Gasteiger partial charge in [-0.25, -0.2) is 4.79 Å². The van der Waals surface area contributed by atoms with Crippen LogP contribution in [0.15, 0.2) is 35.5 Å². The summed E-state index contributed by atoms with van der Waals surface area (Å²) < 4.78 is 5.06. The van der Waals surface area contributed by atoms with Crippen LogP contribution in [0, 0.1) is 0 Å². The Hall–Kier alpha value is -3.98. The Balaban J connectivity index is 2.15. The summed E-state index contributed by atoms with van der Waals surface area (Å²) in [5.74, 6) is -1.33. The monoisotopic (exact) mass is 592 g/mol. The normalized spacial score (nSPS) is 12.6. The third-order valence-electron chi connectivity index (χ3n) is 5.50. The molecule has 41 heavy (non-hydrogen) atoms. The number of aromatic nitrogens is 1. The number of carbonyl (C=O) groups excluding carboxylic acids is 4. The second-order valence-electron chi connectivity index (χ2n) is 10.1. The van der Waals surface area contributed by atoms with Gasteiger partial charge in [0.1, 0.15) is 17.7 Å². The first kappa shape index (κ1) is 33.2. The minimum Gasteiger partial charge on any atom is -0.442 e. The predicted octanol–water partition coefficient (Wildman–Crippen LogP) is 0.236. The Morgan fingerprint density at radius 3 is 2.49 bits per heavy atom. The molecule has 0 saturated heterocycles. The Labute approximate surface area is 244 Å². The van der Waals surface area contributed by atoms with E-state index in [1.54, 1.807) is 27.0 Å². The lowest BCUT2D eigenvalue weighted by Crippen LogP contribution is -2.55. The molecule has 2 atom stereocenters. The fraction of sp³-hybridized carbons (Fsp3) is 0.500. The molecule has 0 aliphatic rings. The topological polar surface area (TPSA) is 215 Å². The number of aliphatic imine (C=N–C) groups is 1. The number of hydrogen-bond acceptors (Lipinski definition) is 8. The SMILES string of the molecule is CC(C)(C)OC(=O)NOCC(=O)NC(Cc1c[nH]c2ccccc12)C(=O)NC(CCCN=C(N)N)C(=O)NCCS. The molecular formula is C26H40N8O6S. The summed E-state index contributed by atoms with van der Waals surface area (Å²) in [6, 6.07) is 5.53. The number of para-hydroxylation sites is 1. The zero-order chi connectivity index (χ0) is 30.4. The second-order valence-corrected chi connectivity index (χ2v) is 10.5. The molecule has 0 spiro atoms. The lowest BCUT2D eigenvalue weighted by molar-refractivity contribution is -0.134. The largest absolute Gasteiger partial charge is 0.442 e. The summed E-state index contributed by atoms with van der Waals surface area (Å²) in [4.78, 5) is 62.8. The first-order valence-corrected chi connectivity index (χ1v) is 13.7. The number of thiol groups is 1. The minimum atomic E-state index is -1.08. The number of hydrogen-bond donors (Lipinski definition) is 8. The van der Waals surface area contributed by atoms with Crippen LogP contribution in [-0.2, 0) is 30.4 Å². The van der Waals surface area contributed by atoms with Gasteiger partial charge in [-0.15, -0.1) is 0 Å². The van der Waals surface area contributed by atoms with Crippen LogP contribution in [0.5, 0.6) is 0 Å². The number of fused-ring (bicyclic) bond motifs is 1. The van der Waals surface area contributed by atoms with Crippen molar-refractivity contribution in [3.05, 3.63) is 36.0 Å². The highest BCUT2D eigenvalue weighted by molar-refractivity contribution is 7.80. The summed E-state index contributed by atoms with van der Waals surface area (Å²) in [7, 11) is 0. The Morgan fingerprint density at radius 2 is 1.80 bits per heavy atom. The Morgan fingerprint density at radius 1 is 1.07 bits per heavy atom. The quantitative estimate of drug-likeness (QED) is 0.0470. The number of benzene rings is 1. The van der Waals surface area contributed by atoms with Gasteiger partial charge in [-0.05, 0) is 45.2 Å². The first-order valence-electron chi connectivity index (χ1n) is 13.1. The highest BCUT2D eigenvalue weighted by atomic mass is 32.1. The third-order valence-corrected chi connectivity index (χ3v) is 5.72. The fourth-order valence-corrected chi connectivity index (χ4v) is 3.88. The maximum atomic E-state index is 13.5. The van der Waals surface area contributed by atoms with Gasteiger partial charge < -0.3 is 37.1 Å². The summed E-state index contributed by atoms with van der Waals surface area (Å²) >= 11 is 4.11. The van der Waals surface area contributed by atoms with Crippen molar-refractivity contribution in [2.45, 2.75) is 57.7 Å². The molecule has 0 radical (unpaired) electrons. The van der Waals surface area contributed by atoms with E-state index in [9.17, 15) is 19.2 Å². The number of ether oxygens (including phenoxy) is 1. The molecule has 0 aliphatic carbocycles. The summed E-state index contributed by atoms with van der Waals surface area (Å²) in [5, 5.41) is 8.96. The van der Waals surface area contributed by atoms with Crippen LogP contribution in [0.2, 0.25) is 0 Å². The molecule has 2 aromatic rings. The van der Waals surface area contributed by atoms with Gasteiger partial charge in [-0.3, -0.25) is 24.2 Å². The summed E-state index contributed by atoms with van der Waals surface area (Å²) in [6.45, 7) is 5.03. The van der Waals surface area contributed by atoms with Crippen molar-refractivity contribution in [2.75, 3.05) is 25.4 Å². The lowest BCUT2D eigenvalue weighted by atomic mass is 10.0. The van der Waals surface area contributed by atoms with E-state index in [0.29, 0.717) is 18.7 Å². The van der Waals surface area contributed by atoms with Gasteiger partial charge in [0.05, 0.1) is 0 Å². The van der Waals surface area contributed by atoms with Crippen molar-refractivity contribution in [2.24, 2.45) is 16.5 Å². The van der Waals surface area contributed by atoms with Crippen LogP contribution in [0.3, 0.4) is 0 Å². The molecule has 1 heterocycles. The van der Waals surface area contributed by atoms with Crippen molar-refractivity contribution >= 4 is 53.3 Å². The van der Waals surface area contributed by atoms with Crippen molar-refractivity contribution in [1.29, 1.82) is 0 Å². The van der Waals surface area contributed by atoms with E-state index in [4.69, 9.17) is 21.0 Å². The summed E-state index contributed by atoms with van der Waals surface area (Å²) in [5.41, 5.74) is 13.7. The number of nitrogens with one attached hydrogen (secondary N) is 5. The minimum absolute atomic E-state index is 0.0741. The second kappa shape index (κ2) is 16.3. The van der Waals surface area contributed by atoms with Crippen molar-refractivity contribution < 1.29 is 28.8 Å². The average Bonchev–Trinajstić information content (AvgIpc) is 3.30. The van der Waals surface area contributed by atoms with E-state index in [2.05, 4.69) is 38.6 Å². The number of aromatic amines is 1. The van der Waals surface area contributed by atoms with Crippen LogP contribution in [-0.4, -0.2) is 77.9 Å².